The monoisotopic (exact) mass is 282 g/mol. The largest absolute Gasteiger partial charge is 0.480 e. The summed E-state index contributed by atoms with van der Waals surface area (Å²) in [5.74, 6) is 0.0720. The standard InChI is InChI=1S/C14H22N2O2S/c1-16(2)12-6-4-11(5-7-12)10-15-13(14(17)18)8-9-19-3/h4-7,13,15H,8-10H2,1-3H3,(H,17,18)/t13-/m1/s1. The topological polar surface area (TPSA) is 52.6 Å². The Balaban J connectivity index is 2.51. The lowest BCUT2D eigenvalue weighted by molar-refractivity contribution is -0.139. The first-order valence-corrected chi connectivity index (χ1v) is 7.65. The summed E-state index contributed by atoms with van der Waals surface area (Å²) in [6.07, 6.45) is 2.63. The third-order valence-corrected chi connectivity index (χ3v) is 3.56. The van der Waals surface area contributed by atoms with Gasteiger partial charge in [0.1, 0.15) is 6.04 Å². The molecule has 0 aliphatic rings. The zero-order valence-corrected chi connectivity index (χ0v) is 12.5. The second kappa shape index (κ2) is 8.07. The fourth-order valence-electron chi connectivity index (χ4n) is 1.70. The highest BCUT2D eigenvalue weighted by Crippen LogP contribution is 2.12. The van der Waals surface area contributed by atoms with Crippen molar-refractivity contribution in [2.45, 2.75) is 19.0 Å². The van der Waals surface area contributed by atoms with Crippen molar-refractivity contribution in [2.24, 2.45) is 0 Å². The molecule has 19 heavy (non-hydrogen) atoms. The van der Waals surface area contributed by atoms with E-state index in [1.165, 1.54) is 0 Å². The molecular formula is C14H22N2O2S. The van der Waals surface area contributed by atoms with Crippen molar-refractivity contribution in [1.29, 1.82) is 0 Å². The number of anilines is 1. The lowest BCUT2D eigenvalue weighted by Gasteiger charge is -2.15. The summed E-state index contributed by atoms with van der Waals surface area (Å²) in [6, 6.07) is 7.65. The van der Waals surface area contributed by atoms with Gasteiger partial charge in [0, 0.05) is 26.3 Å². The molecule has 2 N–H and O–H groups in total. The molecule has 0 heterocycles. The number of rotatable bonds is 8. The lowest BCUT2D eigenvalue weighted by atomic mass is 10.1. The summed E-state index contributed by atoms with van der Waals surface area (Å²) < 4.78 is 0. The summed E-state index contributed by atoms with van der Waals surface area (Å²) in [6.45, 7) is 0.582. The average molecular weight is 282 g/mol. The molecule has 1 rings (SSSR count). The Morgan fingerprint density at radius 3 is 2.47 bits per heavy atom. The molecule has 0 spiro atoms. The molecule has 0 aliphatic heterocycles. The number of carboxylic acid groups (broad SMARTS) is 1. The molecule has 4 nitrogen and oxygen atoms in total. The number of carboxylic acids is 1. The van der Waals surface area contributed by atoms with Gasteiger partial charge >= 0.3 is 5.97 Å². The van der Waals surface area contributed by atoms with Gasteiger partial charge < -0.3 is 15.3 Å². The molecular weight excluding hydrogens is 260 g/mol. The molecule has 0 radical (unpaired) electrons. The Morgan fingerprint density at radius 1 is 1.37 bits per heavy atom. The maximum atomic E-state index is 11.1. The average Bonchev–Trinajstić information content (AvgIpc) is 2.39. The smallest absolute Gasteiger partial charge is 0.320 e. The number of hydrogen-bond donors (Lipinski definition) is 2. The fraction of sp³-hybridized carbons (Fsp3) is 0.500. The third kappa shape index (κ3) is 5.53. The molecule has 0 unspecified atom stereocenters. The van der Waals surface area contributed by atoms with Crippen molar-refractivity contribution < 1.29 is 9.90 Å². The van der Waals surface area contributed by atoms with E-state index in [0.717, 1.165) is 17.0 Å². The first-order valence-electron chi connectivity index (χ1n) is 6.26. The maximum absolute atomic E-state index is 11.1. The van der Waals surface area contributed by atoms with Crippen LogP contribution in [0, 0.1) is 0 Å². The van der Waals surface area contributed by atoms with Crippen LogP contribution in [0.25, 0.3) is 0 Å². The van der Waals surface area contributed by atoms with E-state index < -0.39 is 12.0 Å². The maximum Gasteiger partial charge on any atom is 0.320 e. The SMILES string of the molecule is CSCC[C@@H](NCc1ccc(N(C)C)cc1)C(=O)O. The Morgan fingerprint density at radius 2 is 2.00 bits per heavy atom. The summed E-state index contributed by atoms with van der Waals surface area (Å²) in [5, 5.41) is 12.2. The number of aliphatic carboxylic acids is 1. The van der Waals surface area contributed by atoms with Crippen LogP contribution in [-0.4, -0.2) is 43.2 Å². The summed E-state index contributed by atoms with van der Waals surface area (Å²) in [5.41, 5.74) is 2.24. The molecule has 0 saturated heterocycles. The summed E-state index contributed by atoms with van der Waals surface area (Å²) >= 11 is 1.67. The van der Waals surface area contributed by atoms with Crippen LogP contribution in [0.3, 0.4) is 0 Å². The molecule has 0 saturated carbocycles. The predicted molar refractivity (Wildman–Crippen MR) is 82.0 cm³/mol. The second-order valence-electron chi connectivity index (χ2n) is 4.61. The lowest BCUT2D eigenvalue weighted by Crippen LogP contribution is -2.36. The molecule has 106 valence electrons. The van der Waals surface area contributed by atoms with Gasteiger partial charge in [-0.3, -0.25) is 4.79 Å². The summed E-state index contributed by atoms with van der Waals surface area (Å²) in [7, 11) is 3.99. The minimum Gasteiger partial charge on any atom is -0.480 e. The highest BCUT2D eigenvalue weighted by Gasteiger charge is 2.15. The number of thioether (sulfide) groups is 1. The molecule has 1 atom stereocenters. The molecule has 0 fully saturated rings. The Bertz CT molecular complexity index is 393. The highest BCUT2D eigenvalue weighted by molar-refractivity contribution is 7.98. The molecule has 1 aromatic carbocycles. The molecule has 0 aromatic heterocycles. The van der Waals surface area contributed by atoms with Crippen LogP contribution in [0.2, 0.25) is 0 Å². The van der Waals surface area contributed by atoms with Gasteiger partial charge in [-0.1, -0.05) is 12.1 Å². The van der Waals surface area contributed by atoms with Crippen LogP contribution in [0.5, 0.6) is 0 Å². The fourth-order valence-corrected chi connectivity index (χ4v) is 2.17. The van der Waals surface area contributed by atoms with Crippen LogP contribution < -0.4 is 10.2 Å². The molecule has 0 amide bonds. The van der Waals surface area contributed by atoms with Gasteiger partial charge in [-0.15, -0.1) is 0 Å². The highest BCUT2D eigenvalue weighted by atomic mass is 32.2. The number of nitrogens with one attached hydrogen (secondary N) is 1. The number of benzene rings is 1. The van der Waals surface area contributed by atoms with E-state index in [1.807, 2.05) is 49.5 Å². The minimum atomic E-state index is -0.779. The Hall–Kier alpha value is -1.20. The number of carbonyl (C=O) groups is 1. The third-order valence-electron chi connectivity index (χ3n) is 2.91. The first-order chi connectivity index (χ1) is 9.04. The number of nitrogens with zero attached hydrogens (tertiary/aromatic N) is 1. The van der Waals surface area contributed by atoms with Gasteiger partial charge in [-0.05, 0) is 36.1 Å². The van der Waals surface area contributed by atoms with E-state index in [9.17, 15) is 4.79 Å². The molecule has 0 bridgehead atoms. The van der Waals surface area contributed by atoms with E-state index >= 15 is 0 Å². The van der Waals surface area contributed by atoms with Crippen molar-refractivity contribution in [3.63, 3.8) is 0 Å². The molecule has 5 heteroatoms. The van der Waals surface area contributed by atoms with Gasteiger partial charge in [0.2, 0.25) is 0 Å². The van der Waals surface area contributed by atoms with Crippen LogP contribution in [0.1, 0.15) is 12.0 Å². The first kappa shape index (κ1) is 15.9. The minimum absolute atomic E-state index is 0.471. The van der Waals surface area contributed by atoms with Crippen molar-refractivity contribution in [3.8, 4) is 0 Å². The van der Waals surface area contributed by atoms with Gasteiger partial charge in [-0.2, -0.15) is 11.8 Å². The van der Waals surface area contributed by atoms with Crippen LogP contribution in [0.15, 0.2) is 24.3 Å². The normalized spacial score (nSPS) is 12.2. The van der Waals surface area contributed by atoms with Crippen LogP contribution in [0.4, 0.5) is 5.69 Å². The quantitative estimate of drug-likeness (QED) is 0.764. The van der Waals surface area contributed by atoms with Crippen molar-refractivity contribution >= 4 is 23.4 Å². The number of hydrogen-bond acceptors (Lipinski definition) is 4. The van der Waals surface area contributed by atoms with Crippen LogP contribution >= 0.6 is 11.8 Å². The van der Waals surface area contributed by atoms with E-state index in [1.54, 1.807) is 11.8 Å². The van der Waals surface area contributed by atoms with Crippen molar-refractivity contribution in [2.75, 3.05) is 31.0 Å². The van der Waals surface area contributed by atoms with Crippen molar-refractivity contribution in [3.05, 3.63) is 29.8 Å². The van der Waals surface area contributed by atoms with Gasteiger partial charge in [0.05, 0.1) is 0 Å². The second-order valence-corrected chi connectivity index (χ2v) is 5.60. The summed E-state index contributed by atoms with van der Waals surface area (Å²) in [4.78, 5) is 13.1. The zero-order valence-electron chi connectivity index (χ0n) is 11.7. The van der Waals surface area contributed by atoms with E-state index in [-0.39, 0.29) is 0 Å². The Labute approximate surface area is 119 Å². The Kier molecular flexibility index (Phi) is 6.73. The van der Waals surface area contributed by atoms with Gasteiger partial charge in [-0.25, -0.2) is 0 Å². The molecule has 1 aromatic rings. The predicted octanol–water partition coefficient (Wildman–Crippen LogP) is 2.05. The molecule has 0 aliphatic carbocycles. The van der Waals surface area contributed by atoms with E-state index in [2.05, 4.69) is 5.32 Å². The van der Waals surface area contributed by atoms with Crippen LogP contribution in [-0.2, 0) is 11.3 Å². The van der Waals surface area contributed by atoms with Crippen molar-refractivity contribution in [1.82, 2.24) is 5.32 Å². The zero-order chi connectivity index (χ0) is 14.3. The van der Waals surface area contributed by atoms with E-state index in [0.29, 0.717) is 13.0 Å². The van der Waals surface area contributed by atoms with Gasteiger partial charge in [0.15, 0.2) is 0 Å². The van der Waals surface area contributed by atoms with E-state index in [4.69, 9.17) is 5.11 Å². The van der Waals surface area contributed by atoms with Gasteiger partial charge in [0.25, 0.3) is 0 Å².